The van der Waals surface area contributed by atoms with Crippen molar-refractivity contribution in [1.29, 1.82) is 0 Å². The number of Topliss-reactive ketones (excluding diaryl/α,β-unsaturated/α-hetero) is 1. The maximum Gasteiger partial charge on any atom is 0.315 e. The molecule has 12 nitrogen and oxygen atoms in total. The van der Waals surface area contributed by atoms with E-state index in [9.17, 15) is 24.0 Å². The number of urea groups is 1. The van der Waals surface area contributed by atoms with Crippen molar-refractivity contribution in [1.82, 2.24) is 35.8 Å². The zero-order valence-electron chi connectivity index (χ0n) is 28.8. The van der Waals surface area contributed by atoms with E-state index in [2.05, 4.69) is 46.0 Å². The Kier molecular flexibility index (Phi) is 17.2. The van der Waals surface area contributed by atoms with Gasteiger partial charge in [0.25, 0.3) is 5.91 Å². The molecule has 1 aliphatic rings. The Morgan fingerprint density at radius 3 is 2.24 bits per heavy atom. The molecule has 258 valence electrons. The highest BCUT2D eigenvalue weighted by Crippen LogP contribution is 2.27. The van der Waals surface area contributed by atoms with Crippen LogP contribution in [-0.4, -0.2) is 103 Å². The van der Waals surface area contributed by atoms with E-state index in [-0.39, 0.29) is 23.9 Å². The van der Waals surface area contributed by atoms with Crippen molar-refractivity contribution in [3.8, 4) is 0 Å². The Balaban J connectivity index is 3.08. The van der Waals surface area contributed by atoms with E-state index in [1.807, 2.05) is 59.8 Å². The number of amides is 5. The first-order valence-electron chi connectivity index (χ1n) is 16.2. The molecule has 0 radical (unpaired) electrons. The Morgan fingerprint density at radius 2 is 1.69 bits per heavy atom. The second-order valence-corrected chi connectivity index (χ2v) is 14.5. The summed E-state index contributed by atoms with van der Waals surface area (Å²) in [5.74, 6) is -2.36. The highest BCUT2D eigenvalue weighted by molar-refractivity contribution is 7.77. The first kappa shape index (κ1) is 40.4. The Morgan fingerprint density at radius 1 is 1.02 bits per heavy atom. The van der Waals surface area contributed by atoms with Crippen molar-refractivity contribution in [2.45, 2.75) is 111 Å². The fraction of sp³-hybridized carbons (Fsp3) is 0.781. The Bertz CT molecular complexity index is 1010. The van der Waals surface area contributed by atoms with Crippen LogP contribution >= 0.6 is 12.8 Å². The molecular formula is C32H59N7O5S. The number of ketones is 1. The Hall–Kier alpha value is -2.64. The summed E-state index contributed by atoms with van der Waals surface area (Å²) >= 11 is 4.60. The molecule has 5 N–H and O–H groups in total. The maximum absolute atomic E-state index is 14.0. The summed E-state index contributed by atoms with van der Waals surface area (Å²) in [5, 5.41) is 14.3. The summed E-state index contributed by atoms with van der Waals surface area (Å²) in [4.78, 5) is 67.6. The molecule has 0 aromatic rings. The van der Waals surface area contributed by atoms with Crippen LogP contribution in [0.15, 0.2) is 12.7 Å². The van der Waals surface area contributed by atoms with E-state index in [0.29, 0.717) is 38.8 Å². The van der Waals surface area contributed by atoms with Crippen LogP contribution in [0.25, 0.3) is 0 Å². The first-order chi connectivity index (χ1) is 21.0. The number of rotatable bonds is 18. The second kappa shape index (κ2) is 19.1. The third kappa shape index (κ3) is 13.7. The lowest BCUT2D eigenvalue weighted by Crippen LogP contribution is -2.61. The van der Waals surface area contributed by atoms with Crippen molar-refractivity contribution < 1.29 is 24.0 Å². The van der Waals surface area contributed by atoms with Gasteiger partial charge in [0.05, 0.1) is 6.04 Å². The number of nitrogens with zero attached hydrogens (tertiary/aromatic N) is 2. The lowest BCUT2D eigenvalue weighted by molar-refractivity contribution is -0.143. The van der Waals surface area contributed by atoms with Crippen LogP contribution < -0.4 is 26.6 Å². The highest BCUT2D eigenvalue weighted by atomic mass is 32.1. The van der Waals surface area contributed by atoms with Crippen LogP contribution in [0.5, 0.6) is 0 Å². The van der Waals surface area contributed by atoms with Gasteiger partial charge in [-0.25, -0.2) is 4.79 Å². The normalized spacial score (nSPS) is 17.3. The van der Waals surface area contributed by atoms with Gasteiger partial charge in [0.15, 0.2) is 0 Å². The molecule has 3 unspecified atom stereocenters. The van der Waals surface area contributed by atoms with Crippen LogP contribution in [-0.2, 0) is 19.2 Å². The quantitative estimate of drug-likeness (QED) is 0.0576. The number of nitrogens with one attached hydrogen (secondary N) is 5. The molecule has 45 heavy (non-hydrogen) atoms. The third-order valence-electron chi connectivity index (χ3n) is 7.92. The van der Waals surface area contributed by atoms with Gasteiger partial charge in [0.2, 0.25) is 17.6 Å². The molecule has 1 fully saturated rings. The molecule has 5 amide bonds. The van der Waals surface area contributed by atoms with Gasteiger partial charge in [-0.05, 0) is 50.1 Å². The van der Waals surface area contributed by atoms with Gasteiger partial charge in [-0.1, -0.05) is 80.2 Å². The lowest BCUT2D eigenvalue weighted by atomic mass is 9.85. The summed E-state index contributed by atoms with van der Waals surface area (Å²) in [6, 6.07) is -3.47. The van der Waals surface area contributed by atoms with E-state index < -0.39 is 47.2 Å². The summed E-state index contributed by atoms with van der Waals surface area (Å²) in [6.07, 6.45) is 5.11. The van der Waals surface area contributed by atoms with Crippen LogP contribution in [0, 0.1) is 10.8 Å². The van der Waals surface area contributed by atoms with Crippen LogP contribution in [0.4, 0.5) is 4.79 Å². The van der Waals surface area contributed by atoms with Gasteiger partial charge < -0.3 is 31.5 Å². The third-order valence-corrected chi connectivity index (χ3v) is 8.29. The second-order valence-electron chi connectivity index (χ2n) is 14.0. The molecule has 4 atom stereocenters. The van der Waals surface area contributed by atoms with Gasteiger partial charge in [-0.15, -0.1) is 6.58 Å². The largest absolute Gasteiger partial charge is 0.346 e. The van der Waals surface area contributed by atoms with Gasteiger partial charge in [0, 0.05) is 32.2 Å². The first-order valence-corrected chi connectivity index (χ1v) is 16.6. The standard InChI is InChI=1S/C32H59N7O5S/c1-10-12-15-22(25(40)28(42)34-17-11-2)35-27(41)23-16-13-20-39(23)29(43)26(32(6,7)8)37-30(44)36-24(31(3,4)5)21-38(45)19-14-18-33-9/h11,22-24,26,33,45H,2,10,12-21H2,1,3-9H3,(H,34,42)(H,35,41)(H2,36,37,44)/t22?,23?,24-,26?/m1/s1. The molecule has 0 aromatic carbocycles. The minimum atomic E-state index is -0.999. The summed E-state index contributed by atoms with van der Waals surface area (Å²) in [7, 11) is 1.90. The average Bonchev–Trinajstić information content (AvgIpc) is 3.45. The molecule has 0 spiro atoms. The van der Waals surface area contributed by atoms with Crippen LogP contribution in [0.1, 0.15) is 87.0 Å². The van der Waals surface area contributed by atoms with Crippen molar-refractivity contribution in [3.63, 3.8) is 0 Å². The molecule has 13 heteroatoms. The van der Waals surface area contributed by atoms with E-state index in [1.165, 1.54) is 11.0 Å². The summed E-state index contributed by atoms with van der Waals surface area (Å²) in [5.41, 5.74) is -0.949. The van der Waals surface area contributed by atoms with Crippen LogP contribution in [0.2, 0.25) is 0 Å². The summed E-state index contributed by atoms with van der Waals surface area (Å²) in [6.45, 7) is 19.8. The number of carbonyl (C=O) groups is 5. The topological polar surface area (TPSA) is 152 Å². The number of hydrogen-bond acceptors (Lipinski definition) is 8. The van der Waals surface area contributed by atoms with Gasteiger partial charge >= 0.3 is 6.03 Å². The lowest BCUT2D eigenvalue weighted by Gasteiger charge is -2.37. The zero-order chi connectivity index (χ0) is 34.4. The molecule has 0 bridgehead atoms. The SMILES string of the molecule is C=CCNC(=O)C(=O)C(CCCC)NC(=O)C1CCCN1C(=O)C(NC(=O)N[C@H](CN(S)CCCNC)C(C)(C)C)C(C)(C)C. The highest BCUT2D eigenvalue weighted by Gasteiger charge is 2.43. The number of carbonyl (C=O) groups excluding carboxylic acids is 5. The fourth-order valence-corrected chi connectivity index (χ4v) is 5.38. The molecule has 0 aliphatic carbocycles. The molecule has 1 saturated heterocycles. The van der Waals surface area contributed by atoms with Gasteiger partial charge in [-0.2, -0.15) is 0 Å². The molecule has 1 heterocycles. The summed E-state index contributed by atoms with van der Waals surface area (Å²) < 4.78 is 1.88. The minimum Gasteiger partial charge on any atom is -0.346 e. The number of likely N-dealkylation sites (tertiary alicyclic amines) is 1. The molecule has 0 aromatic heterocycles. The van der Waals surface area contributed by atoms with Gasteiger partial charge in [0.1, 0.15) is 12.1 Å². The fourth-order valence-electron chi connectivity index (χ4n) is 5.08. The molecule has 1 aliphatic heterocycles. The number of unbranched alkanes of at least 4 members (excludes halogenated alkanes) is 1. The van der Waals surface area contributed by atoms with Crippen molar-refractivity contribution in [3.05, 3.63) is 12.7 Å². The molecule has 1 rings (SSSR count). The Labute approximate surface area is 276 Å². The van der Waals surface area contributed by atoms with Gasteiger partial charge in [-0.3, -0.25) is 23.5 Å². The van der Waals surface area contributed by atoms with Crippen molar-refractivity contribution >= 4 is 42.4 Å². The number of thiol groups is 1. The van der Waals surface area contributed by atoms with E-state index in [4.69, 9.17) is 0 Å². The molecular weight excluding hydrogens is 594 g/mol. The van der Waals surface area contributed by atoms with E-state index in [1.54, 1.807) is 0 Å². The monoisotopic (exact) mass is 653 g/mol. The van der Waals surface area contributed by atoms with Crippen molar-refractivity contribution in [2.75, 3.05) is 39.8 Å². The maximum atomic E-state index is 14.0. The molecule has 0 saturated carbocycles. The van der Waals surface area contributed by atoms with E-state index in [0.717, 1.165) is 25.9 Å². The zero-order valence-corrected chi connectivity index (χ0v) is 29.6. The van der Waals surface area contributed by atoms with Crippen molar-refractivity contribution in [2.24, 2.45) is 10.8 Å². The van der Waals surface area contributed by atoms with Crippen LogP contribution in [0.3, 0.4) is 0 Å². The average molecular weight is 654 g/mol. The smallest absolute Gasteiger partial charge is 0.315 e. The number of hydrogen-bond donors (Lipinski definition) is 6. The minimum absolute atomic E-state index is 0.138. The van der Waals surface area contributed by atoms with E-state index >= 15 is 0 Å². The predicted octanol–water partition coefficient (Wildman–Crippen LogP) is 2.41. The predicted molar refractivity (Wildman–Crippen MR) is 182 cm³/mol.